The topological polar surface area (TPSA) is 72.5 Å². The molecule has 0 bridgehead atoms. The third-order valence-corrected chi connectivity index (χ3v) is 3.36. The number of nitrogens with two attached hydrogens (primary N) is 1. The van der Waals surface area contributed by atoms with Crippen molar-refractivity contribution in [3.05, 3.63) is 29.8 Å². The fourth-order valence-corrected chi connectivity index (χ4v) is 2.47. The Morgan fingerprint density at radius 1 is 1.42 bits per heavy atom. The minimum atomic E-state index is -0.928. The summed E-state index contributed by atoms with van der Waals surface area (Å²) in [6.07, 6.45) is 0.942. The molecule has 1 rings (SSSR count). The molecule has 0 saturated heterocycles. The van der Waals surface area contributed by atoms with Crippen molar-refractivity contribution in [1.29, 1.82) is 0 Å². The predicted octanol–water partition coefficient (Wildman–Crippen LogP) is 2.31. The molecule has 1 aromatic carbocycles. The van der Waals surface area contributed by atoms with Crippen molar-refractivity contribution >= 4 is 5.97 Å². The summed E-state index contributed by atoms with van der Waals surface area (Å²) in [5.74, 6) is 0.147. The highest BCUT2D eigenvalue weighted by Crippen LogP contribution is 2.33. The normalized spacial score (nSPS) is 14.2. The highest BCUT2D eigenvalue weighted by molar-refractivity contribution is 5.75. The summed E-state index contributed by atoms with van der Waals surface area (Å²) in [7, 11) is 1.59. The van der Waals surface area contributed by atoms with E-state index in [9.17, 15) is 9.90 Å². The van der Waals surface area contributed by atoms with Gasteiger partial charge in [0.05, 0.1) is 12.5 Å². The molecule has 1 aromatic rings. The molecule has 4 nitrogen and oxygen atoms in total. The van der Waals surface area contributed by atoms with Gasteiger partial charge >= 0.3 is 5.97 Å². The number of carboxylic acid groups (broad SMARTS) is 1. The van der Waals surface area contributed by atoms with E-state index in [1.54, 1.807) is 7.11 Å². The highest BCUT2D eigenvalue weighted by Gasteiger charge is 2.38. The van der Waals surface area contributed by atoms with Crippen LogP contribution in [-0.4, -0.2) is 24.7 Å². The first-order chi connectivity index (χ1) is 8.95. The molecule has 3 N–H and O–H groups in total. The lowest BCUT2D eigenvalue weighted by molar-refractivity contribution is -0.149. The highest BCUT2D eigenvalue weighted by atomic mass is 16.5. The number of aliphatic carboxylic acids is 1. The van der Waals surface area contributed by atoms with Gasteiger partial charge in [-0.1, -0.05) is 32.0 Å². The Labute approximate surface area is 114 Å². The smallest absolute Gasteiger partial charge is 0.311 e. The first kappa shape index (κ1) is 15.5. The van der Waals surface area contributed by atoms with E-state index in [1.165, 1.54) is 0 Å². The molecule has 0 radical (unpaired) electrons. The molecule has 0 aliphatic carbocycles. The molecule has 1 unspecified atom stereocenters. The molecule has 0 aliphatic rings. The van der Waals surface area contributed by atoms with Gasteiger partial charge in [0.15, 0.2) is 0 Å². The van der Waals surface area contributed by atoms with Gasteiger partial charge in [-0.05, 0) is 30.4 Å². The zero-order valence-corrected chi connectivity index (χ0v) is 11.8. The number of carbonyl (C=O) groups is 1. The van der Waals surface area contributed by atoms with E-state index in [0.29, 0.717) is 18.6 Å². The van der Waals surface area contributed by atoms with Crippen LogP contribution in [0, 0.1) is 11.3 Å². The molecule has 0 fully saturated rings. The van der Waals surface area contributed by atoms with E-state index < -0.39 is 11.4 Å². The van der Waals surface area contributed by atoms with Crippen molar-refractivity contribution in [3.63, 3.8) is 0 Å². The number of benzene rings is 1. The van der Waals surface area contributed by atoms with Gasteiger partial charge in [0.25, 0.3) is 0 Å². The number of carboxylic acids is 1. The average Bonchev–Trinajstić information content (AvgIpc) is 2.37. The molecule has 0 amide bonds. The minimum Gasteiger partial charge on any atom is -0.496 e. The third kappa shape index (κ3) is 3.70. The summed E-state index contributed by atoms with van der Waals surface area (Å²) < 4.78 is 5.29. The Morgan fingerprint density at radius 3 is 2.53 bits per heavy atom. The molecule has 106 valence electrons. The second kappa shape index (κ2) is 6.57. The van der Waals surface area contributed by atoms with Crippen molar-refractivity contribution < 1.29 is 14.6 Å². The Bertz CT molecular complexity index is 431. The molecular formula is C15H23NO3. The quantitative estimate of drug-likeness (QED) is 0.793. The van der Waals surface area contributed by atoms with E-state index in [2.05, 4.69) is 0 Å². The van der Waals surface area contributed by atoms with Gasteiger partial charge in [-0.3, -0.25) is 4.79 Å². The monoisotopic (exact) mass is 265 g/mol. The molecular weight excluding hydrogens is 242 g/mol. The summed E-state index contributed by atoms with van der Waals surface area (Å²) in [5, 5.41) is 9.58. The van der Waals surface area contributed by atoms with Crippen LogP contribution in [0.15, 0.2) is 24.3 Å². The second-order valence-corrected chi connectivity index (χ2v) is 5.38. The van der Waals surface area contributed by atoms with Gasteiger partial charge in [0.2, 0.25) is 0 Å². The maximum absolute atomic E-state index is 11.7. The van der Waals surface area contributed by atoms with Crippen LogP contribution in [0.1, 0.15) is 25.8 Å². The van der Waals surface area contributed by atoms with Crippen molar-refractivity contribution in [3.8, 4) is 5.75 Å². The summed E-state index contributed by atoms with van der Waals surface area (Å²) in [6, 6.07) is 7.49. The summed E-state index contributed by atoms with van der Waals surface area (Å²) in [4.78, 5) is 11.7. The minimum absolute atomic E-state index is 0.124. The average molecular weight is 265 g/mol. The molecule has 0 aliphatic heterocycles. The lowest BCUT2D eigenvalue weighted by atomic mass is 9.75. The van der Waals surface area contributed by atoms with E-state index in [-0.39, 0.29) is 12.5 Å². The maximum atomic E-state index is 11.7. The summed E-state index contributed by atoms with van der Waals surface area (Å²) in [5.41, 5.74) is 5.73. The van der Waals surface area contributed by atoms with Crippen LogP contribution in [0.25, 0.3) is 0 Å². The summed E-state index contributed by atoms with van der Waals surface area (Å²) >= 11 is 0. The SMILES string of the molecule is COc1ccccc1CC(CN)(CC(C)C)C(=O)O. The lowest BCUT2D eigenvalue weighted by Crippen LogP contribution is -2.41. The van der Waals surface area contributed by atoms with Gasteiger partial charge in [-0.25, -0.2) is 0 Å². The third-order valence-electron chi connectivity index (χ3n) is 3.36. The van der Waals surface area contributed by atoms with Crippen LogP contribution >= 0.6 is 0 Å². The standard InChI is InChI=1S/C15H23NO3/c1-11(2)8-15(10-16,14(17)18)9-12-6-4-5-7-13(12)19-3/h4-7,11H,8-10,16H2,1-3H3,(H,17,18). The van der Waals surface area contributed by atoms with E-state index in [0.717, 1.165) is 5.56 Å². The Morgan fingerprint density at radius 2 is 2.05 bits per heavy atom. The van der Waals surface area contributed by atoms with Gasteiger partial charge in [-0.15, -0.1) is 0 Å². The van der Waals surface area contributed by atoms with E-state index >= 15 is 0 Å². The molecule has 0 saturated carbocycles. The number of hydrogen-bond acceptors (Lipinski definition) is 3. The molecule has 0 spiro atoms. The van der Waals surface area contributed by atoms with Crippen LogP contribution < -0.4 is 10.5 Å². The zero-order valence-electron chi connectivity index (χ0n) is 11.8. The molecule has 0 aromatic heterocycles. The fourth-order valence-electron chi connectivity index (χ4n) is 2.47. The van der Waals surface area contributed by atoms with Crippen molar-refractivity contribution in [2.24, 2.45) is 17.1 Å². The van der Waals surface area contributed by atoms with Crippen molar-refractivity contribution in [1.82, 2.24) is 0 Å². The Kier molecular flexibility index (Phi) is 5.36. The van der Waals surface area contributed by atoms with Gasteiger partial charge in [0, 0.05) is 6.54 Å². The van der Waals surface area contributed by atoms with Crippen molar-refractivity contribution in [2.75, 3.05) is 13.7 Å². The van der Waals surface area contributed by atoms with Crippen LogP contribution in [0.4, 0.5) is 0 Å². The van der Waals surface area contributed by atoms with Crippen LogP contribution in [0.2, 0.25) is 0 Å². The number of para-hydroxylation sites is 1. The molecule has 19 heavy (non-hydrogen) atoms. The number of rotatable bonds is 7. The second-order valence-electron chi connectivity index (χ2n) is 5.38. The first-order valence-corrected chi connectivity index (χ1v) is 6.50. The molecule has 0 heterocycles. The van der Waals surface area contributed by atoms with Gasteiger partial charge in [-0.2, -0.15) is 0 Å². The van der Waals surface area contributed by atoms with Crippen molar-refractivity contribution in [2.45, 2.75) is 26.7 Å². The Balaban J connectivity index is 3.09. The van der Waals surface area contributed by atoms with E-state index in [1.807, 2.05) is 38.1 Å². The fraction of sp³-hybridized carbons (Fsp3) is 0.533. The predicted molar refractivity (Wildman–Crippen MR) is 75.3 cm³/mol. The van der Waals surface area contributed by atoms with Gasteiger partial charge in [0.1, 0.15) is 5.75 Å². The number of ether oxygens (including phenoxy) is 1. The molecule has 1 atom stereocenters. The van der Waals surface area contributed by atoms with Crippen LogP contribution in [0.3, 0.4) is 0 Å². The lowest BCUT2D eigenvalue weighted by Gasteiger charge is -2.30. The van der Waals surface area contributed by atoms with Crippen LogP contribution in [0.5, 0.6) is 5.75 Å². The molecule has 4 heteroatoms. The zero-order chi connectivity index (χ0) is 14.5. The Hall–Kier alpha value is -1.55. The number of methoxy groups -OCH3 is 1. The first-order valence-electron chi connectivity index (χ1n) is 6.50. The van der Waals surface area contributed by atoms with Crippen LogP contribution in [-0.2, 0) is 11.2 Å². The van der Waals surface area contributed by atoms with E-state index in [4.69, 9.17) is 10.5 Å². The largest absolute Gasteiger partial charge is 0.496 e. The summed E-state index contributed by atoms with van der Waals surface area (Å²) in [6.45, 7) is 4.14. The number of hydrogen-bond donors (Lipinski definition) is 2. The maximum Gasteiger partial charge on any atom is 0.311 e. The van der Waals surface area contributed by atoms with Gasteiger partial charge < -0.3 is 15.6 Å².